The van der Waals surface area contributed by atoms with Gasteiger partial charge in [-0.3, -0.25) is 0 Å². The molecule has 0 radical (unpaired) electrons. The molecule has 1 heterocycles. The van der Waals surface area contributed by atoms with Crippen molar-refractivity contribution in [2.75, 3.05) is 13.2 Å². The molecule has 3 aromatic rings. The third-order valence-electron chi connectivity index (χ3n) is 6.01. The molecule has 1 aromatic heterocycles. The maximum atomic E-state index is 14.4. The van der Waals surface area contributed by atoms with E-state index in [1.807, 2.05) is 81.4 Å². The van der Waals surface area contributed by atoms with Crippen LogP contribution in [-0.2, 0) is 4.43 Å². The average molecular weight is 507 g/mol. The summed E-state index contributed by atoms with van der Waals surface area (Å²) in [7, 11) is -3.21. The number of rotatable bonds is 8. The maximum absolute atomic E-state index is 14.4. The molecule has 0 aliphatic carbocycles. The van der Waals surface area contributed by atoms with Crippen molar-refractivity contribution in [1.82, 2.24) is 9.78 Å². The van der Waals surface area contributed by atoms with Crippen molar-refractivity contribution >= 4 is 24.8 Å². The van der Waals surface area contributed by atoms with Crippen molar-refractivity contribution in [3.05, 3.63) is 72.9 Å². The first-order valence-electron chi connectivity index (χ1n) is 11.0. The van der Waals surface area contributed by atoms with Crippen LogP contribution in [0.1, 0.15) is 27.7 Å². The van der Waals surface area contributed by atoms with Gasteiger partial charge in [-0.05, 0) is 22.3 Å². The van der Waals surface area contributed by atoms with E-state index in [1.54, 1.807) is 0 Å². The summed E-state index contributed by atoms with van der Waals surface area (Å²) >= 11 is 0. The van der Waals surface area contributed by atoms with Crippen molar-refractivity contribution in [1.29, 1.82) is 0 Å². The summed E-state index contributed by atoms with van der Waals surface area (Å²) < 4.78 is 55.4. The first-order valence-corrected chi connectivity index (χ1v) is 12.9. The summed E-state index contributed by atoms with van der Waals surface area (Å²) in [5.41, 5.74) is -2.38. The van der Waals surface area contributed by atoms with Gasteiger partial charge < -0.3 is 14.3 Å². The molecule has 2 aromatic carbocycles. The lowest BCUT2D eigenvalue weighted by Crippen LogP contribution is -2.67. The lowest BCUT2D eigenvalue weighted by molar-refractivity contribution is -0.235. The number of benzene rings is 2. The van der Waals surface area contributed by atoms with Crippen LogP contribution in [0.5, 0.6) is 5.88 Å². The van der Waals surface area contributed by atoms with E-state index in [-0.39, 0.29) is 5.88 Å². The first kappa shape index (κ1) is 26.5. The highest BCUT2D eigenvalue weighted by atomic mass is 28.4. The van der Waals surface area contributed by atoms with Gasteiger partial charge in [0.1, 0.15) is 12.0 Å². The quantitative estimate of drug-likeness (QED) is 0.439. The maximum Gasteiger partial charge on any atom is 0.432 e. The van der Waals surface area contributed by atoms with Gasteiger partial charge in [-0.25, -0.2) is 4.79 Å². The van der Waals surface area contributed by atoms with Gasteiger partial charge in [0.25, 0.3) is 8.32 Å². The Morgan fingerprint density at radius 2 is 1.43 bits per heavy atom. The summed E-state index contributed by atoms with van der Waals surface area (Å²) in [6.45, 7) is 5.56. The molecule has 3 rings (SSSR count). The molecule has 0 saturated heterocycles. The second kappa shape index (κ2) is 9.86. The molecule has 0 aliphatic heterocycles. The van der Waals surface area contributed by atoms with E-state index in [0.29, 0.717) is 4.68 Å². The van der Waals surface area contributed by atoms with Crippen molar-refractivity contribution < 1.29 is 32.2 Å². The molecule has 1 unspecified atom stereocenters. The number of hydrogen-bond donors (Lipinski definition) is 1. The smallest absolute Gasteiger partial charge is 0.432 e. The topological polar surface area (TPSA) is 73.6 Å². The van der Waals surface area contributed by atoms with Crippen LogP contribution in [0.2, 0.25) is 5.04 Å². The molecule has 1 N–H and O–H groups in total. The zero-order valence-electron chi connectivity index (χ0n) is 20.0. The predicted molar refractivity (Wildman–Crippen MR) is 129 cm³/mol. The molecular weight excluding hydrogens is 477 g/mol. The second-order valence-electron chi connectivity index (χ2n) is 9.68. The Morgan fingerprint density at radius 1 is 0.914 bits per heavy atom. The molecule has 0 saturated carbocycles. The fourth-order valence-electron chi connectivity index (χ4n) is 3.96. The fourth-order valence-corrected chi connectivity index (χ4v) is 8.65. The number of halogens is 3. The number of hydrogen-bond acceptors (Lipinski definition) is 4. The van der Waals surface area contributed by atoms with E-state index in [0.717, 1.165) is 23.5 Å². The van der Waals surface area contributed by atoms with Crippen LogP contribution >= 0.6 is 0 Å². The molecule has 35 heavy (non-hydrogen) atoms. The fraction of sp³-hybridized carbons (Fsp3) is 0.360. The highest BCUT2D eigenvalue weighted by Crippen LogP contribution is 2.42. The van der Waals surface area contributed by atoms with Crippen LogP contribution < -0.4 is 15.1 Å². The normalized spacial score (nSPS) is 14.4. The number of aromatic nitrogens is 2. The molecule has 0 amide bonds. The lowest BCUT2D eigenvalue weighted by atomic mass is 9.92. The van der Waals surface area contributed by atoms with E-state index >= 15 is 0 Å². The summed E-state index contributed by atoms with van der Waals surface area (Å²) in [6.07, 6.45) is -4.93. The molecule has 188 valence electrons. The van der Waals surface area contributed by atoms with Crippen LogP contribution in [0.4, 0.5) is 18.0 Å². The van der Waals surface area contributed by atoms with Crippen molar-refractivity contribution in [3.8, 4) is 5.88 Å². The lowest BCUT2D eigenvalue weighted by Gasteiger charge is -2.45. The summed E-state index contributed by atoms with van der Waals surface area (Å²) in [6, 6.07) is 20.0. The molecule has 0 fully saturated rings. The van der Waals surface area contributed by atoms with Crippen molar-refractivity contribution in [2.24, 2.45) is 5.41 Å². The van der Waals surface area contributed by atoms with Crippen molar-refractivity contribution in [3.63, 3.8) is 0 Å². The van der Waals surface area contributed by atoms with Gasteiger partial charge in [0.05, 0.1) is 6.61 Å². The number of carbonyl (C=O) groups is 1. The summed E-state index contributed by atoms with van der Waals surface area (Å²) in [5, 5.41) is 13.8. The third kappa shape index (κ3) is 5.43. The minimum atomic E-state index is -4.66. The summed E-state index contributed by atoms with van der Waals surface area (Å²) in [4.78, 5) is 11.0. The first-order chi connectivity index (χ1) is 16.3. The number of alkyl halides is 3. The van der Waals surface area contributed by atoms with E-state index < -0.39 is 44.3 Å². The monoisotopic (exact) mass is 506 g/mol. The third-order valence-corrected chi connectivity index (χ3v) is 11.0. The molecule has 0 spiro atoms. The average Bonchev–Trinajstić information content (AvgIpc) is 3.27. The highest BCUT2D eigenvalue weighted by molar-refractivity contribution is 6.99. The van der Waals surface area contributed by atoms with E-state index in [2.05, 4.69) is 5.10 Å². The number of carboxylic acid groups (broad SMARTS) is 1. The predicted octanol–water partition coefficient (Wildman–Crippen LogP) is 4.93. The van der Waals surface area contributed by atoms with Crippen LogP contribution in [0.25, 0.3) is 0 Å². The Hall–Kier alpha value is -3.11. The van der Waals surface area contributed by atoms with Gasteiger partial charge >= 0.3 is 12.3 Å². The SMILES string of the molecule is CC(COc1ccn(C(=O)O)n1)(CO[Si](c1ccccc1)(c1ccccc1)C(C)(C)C)C(F)(F)F. The molecular formula is C25H29F3N2O4Si. The van der Waals surface area contributed by atoms with Gasteiger partial charge in [0.15, 0.2) is 0 Å². The Balaban J connectivity index is 1.99. The van der Waals surface area contributed by atoms with Gasteiger partial charge in [0, 0.05) is 12.3 Å². The highest BCUT2D eigenvalue weighted by Gasteiger charge is 2.56. The minimum Gasteiger partial charge on any atom is -0.476 e. The second-order valence-corrected chi connectivity index (χ2v) is 14.0. The van der Waals surface area contributed by atoms with E-state index in [4.69, 9.17) is 14.3 Å². The van der Waals surface area contributed by atoms with Gasteiger partial charge in [-0.2, -0.15) is 17.9 Å². The van der Waals surface area contributed by atoms with Gasteiger partial charge in [-0.15, -0.1) is 5.10 Å². The Labute approximate surface area is 203 Å². The van der Waals surface area contributed by atoms with Gasteiger partial charge in [-0.1, -0.05) is 81.4 Å². The summed E-state index contributed by atoms with van der Waals surface area (Å²) in [5.74, 6) is -0.215. The van der Waals surface area contributed by atoms with Crippen LogP contribution in [0, 0.1) is 5.41 Å². The van der Waals surface area contributed by atoms with Crippen molar-refractivity contribution in [2.45, 2.75) is 38.9 Å². The zero-order valence-corrected chi connectivity index (χ0v) is 21.0. The Bertz CT molecular complexity index is 1090. The molecule has 1 atom stereocenters. The Kier molecular flexibility index (Phi) is 7.47. The van der Waals surface area contributed by atoms with Gasteiger partial charge in [0.2, 0.25) is 5.88 Å². The molecule has 0 aliphatic rings. The van der Waals surface area contributed by atoms with Crippen LogP contribution in [0.3, 0.4) is 0 Å². The standard InChI is InChI=1S/C25H29F3N2O4Si/c1-23(2,3)35(19-11-7-5-8-12-19,20-13-9-6-10-14-20)34-18-24(4,25(26,27)28)17-33-21-15-16-30(29-21)22(31)32/h5-16H,17-18H2,1-4H3,(H,31,32). The minimum absolute atomic E-state index is 0.215. The van der Waals surface area contributed by atoms with E-state index in [1.165, 1.54) is 6.07 Å². The molecule has 6 nitrogen and oxygen atoms in total. The van der Waals surface area contributed by atoms with Crippen LogP contribution in [-0.4, -0.2) is 48.7 Å². The Morgan fingerprint density at radius 3 is 1.83 bits per heavy atom. The zero-order chi connectivity index (χ0) is 25.9. The van der Waals surface area contributed by atoms with Crippen LogP contribution in [0.15, 0.2) is 72.9 Å². The molecule has 0 bridgehead atoms. The number of nitrogens with zero attached hydrogens (tertiary/aromatic N) is 2. The van der Waals surface area contributed by atoms with E-state index in [9.17, 15) is 18.0 Å². The largest absolute Gasteiger partial charge is 0.476 e. The number of ether oxygens (including phenoxy) is 1. The molecule has 10 heteroatoms.